The molecule has 0 aliphatic rings. The van der Waals surface area contributed by atoms with Gasteiger partial charge >= 0.3 is 5.97 Å². The molecule has 0 aliphatic carbocycles. The SMILES string of the molecule is CCc1c(C=CC(=O)O)ccc(OC)c1CC. The first kappa shape index (κ1) is 13.3. The summed E-state index contributed by atoms with van der Waals surface area (Å²) < 4.78 is 5.32. The molecular weight excluding hydrogens is 216 g/mol. The molecule has 1 aromatic carbocycles. The minimum Gasteiger partial charge on any atom is -0.496 e. The van der Waals surface area contributed by atoms with Gasteiger partial charge in [0, 0.05) is 6.08 Å². The van der Waals surface area contributed by atoms with E-state index in [1.807, 2.05) is 12.1 Å². The topological polar surface area (TPSA) is 46.5 Å². The van der Waals surface area contributed by atoms with Crippen molar-refractivity contribution in [2.75, 3.05) is 7.11 Å². The van der Waals surface area contributed by atoms with Crippen molar-refractivity contribution in [3.05, 3.63) is 34.9 Å². The Morgan fingerprint density at radius 1 is 1.29 bits per heavy atom. The lowest BCUT2D eigenvalue weighted by molar-refractivity contribution is -0.131. The zero-order valence-corrected chi connectivity index (χ0v) is 10.5. The van der Waals surface area contributed by atoms with Crippen LogP contribution in [0.1, 0.15) is 30.5 Å². The van der Waals surface area contributed by atoms with Crippen molar-refractivity contribution >= 4 is 12.0 Å². The smallest absolute Gasteiger partial charge is 0.328 e. The number of methoxy groups -OCH3 is 1. The molecule has 1 N–H and O–H groups in total. The highest BCUT2D eigenvalue weighted by Gasteiger charge is 2.09. The number of benzene rings is 1. The van der Waals surface area contributed by atoms with Crippen molar-refractivity contribution in [3.8, 4) is 5.75 Å². The second-order valence-electron chi connectivity index (χ2n) is 3.69. The highest BCUT2D eigenvalue weighted by Crippen LogP contribution is 2.27. The number of hydrogen-bond acceptors (Lipinski definition) is 2. The molecular formula is C14H18O3. The Balaban J connectivity index is 3.28. The van der Waals surface area contributed by atoms with Crippen molar-refractivity contribution < 1.29 is 14.6 Å². The molecule has 0 aromatic heterocycles. The lowest BCUT2D eigenvalue weighted by atomic mass is 9.96. The normalized spacial score (nSPS) is 10.8. The summed E-state index contributed by atoms with van der Waals surface area (Å²) >= 11 is 0. The number of carbonyl (C=O) groups is 1. The van der Waals surface area contributed by atoms with E-state index in [1.165, 1.54) is 6.08 Å². The van der Waals surface area contributed by atoms with Crippen LogP contribution >= 0.6 is 0 Å². The number of rotatable bonds is 5. The predicted octanol–water partition coefficient (Wildman–Crippen LogP) is 2.92. The molecule has 3 nitrogen and oxygen atoms in total. The van der Waals surface area contributed by atoms with Gasteiger partial charge in [-0.15, -0.1) is 0 Å². The minimum absolute atomic E-state index is 0.861. The molecule has 3 heteroatoms. The van der Waals surface area contributed by atoms with E-state index >= 15 is 0 Å². The van der Waals surface area contributed by atoms with Gasteiger partial charge in [0.15, 0.2) is 0 Å². The van der Waals surface area contributed by atoms with Gasteiger partial charge in [0.2, 0.25) is 0 Å². The van der Waals surface area contributed by atoms with Crippen LogP contribution in [0.4, 0.5) is 0 Å². The van der Waals surface area contributed by atoms with Crippen LogP contribution in [0.25, 0.3) is 6.08 Å². The lowest BCUT2D eigenvalue weighted by Gasteiger charge is -2.14. The Morgan fingerprint density at radius 3 is 2.41 bits per heavy atom. The van der Waals surface area contributed by atoms with Crippen LogP contribution in [-0.4, -0.2) is 18.2 Å². The van der Waals surface area contributed by atoms with Gasteiger partial charge in [0.1, 0.15) is 5.75 Å². The van der Waals surface area contributed by atoms with E-state index in [0.717, 1.165) is 35.3 Å². The Labute approximate surface area is 102 Å². The predicted molar refractivity (Wildman–Crippen MR) is 68.4 cm³/mol. The van der Waals surface area contributed by atoms with E-state index in [9.17, 15) is 4.79 Å². The van der Waals surface area contributed by atoms with Crippen molar-refractivity contribution in [2.45, 2.75) is 26.7 Å². The van der Waals surface area contributed by atoms with Crippen LogP contribution in [0.5, 0.6) is 5.75 Å². The Morgan fingerprint density at radius 2 is 1.94 bits per heavy atom. The average molecular weight is 234 g/mol. The van der Waals surface area contributed by atoms with Gasteiger partial charge in [0.25, 0.3) is 0 Å². The highest BCUT2D eigenvalue weighted by atomic mass is 16.5. The fraction of sp³-hybridized carbons (Fsp3) is 0.357. The van der Waals surface area contributed by atoms with Crippen LogP contribution in [0, 0.1) is 0 Å². The molecule has 1 rings (SSSR count). The van der Waals surface area contributed by atoms with E-state index in [4.69, 9.17) is 9.84 Å². The maximum Gasteiger partial charge on any atom is 0.328 e. The molecule has 0 fully saturated rings. The van der Waals surface area contributed by atoms with Gasteiger partial charge in [-0.05, 0) is 41.7 Å². The summed E-state index contributed by atoms with van der Waals surface area (Å²) in [4.78, 5) is 10.5. The first-order valence-electron chi connectivity index (χ1n) is 5.73. The monoisotopic (exact) mass is 234 g/mol. The molecule has 0 spiro atoms. The van der Waals surface area contributed by atoms with Crippen LogP contribution in [0.3, 0.4) is 0 Å². The highest BCUT2D eigenvalue weighted by molar-refractivity contribution is 5.85. The molecule has 0 amide bonds. The van der Waals surface area contributed by atoms with Crippen LogP contribution in [0.2, 0.25) is 0 Å². The Hall–Kier alpha value is -1.77. The zero-order valence-electron chi connectivity index (χ0n) is 10.5. The first-order valence-corrected chi connectivity index (χ1v) is 5.73. The number of hydrogen-bond donors (Lipinski definition) is 1. The molecule has 0 saturated carbocycles. The van der Waals surface area contributed by atoms with Gasteiger partial charge in [0.05, 0.1) is 7.11 Å². The number of carboxylic acid groups (broad SMARTS) is 1. The summed E-state index contributed by atoms with van der Waals surface area (Å²) in [6.07, 6.45) is 4.54. The van der Waals surface area contributed by atoms with E-state index in [0.29, 0.717) is 0 Å². The summed E-state index contributed by atoms with van der Waals surface area (Å²) in [5.41, 5.74) is 3.26. The summed E-state index contributed by atoms with van der Waals surface area (Å²) in [6, 6.07) is 3.79. The van der Waals surface area contributed by atoms with Crippen LogP contribution < -0.4 is 4.74 Å². The summed E-state index contributed by atoms with van der Waals surface area (Å²) in [7, 11) is 1.65. The van der Waals surface area contributed by atoms with E-state index in [1.54, 1.807) is 13.2 Å². The maximum absolute atomic E-state index is 10.5. The standard InChI is InChI=1S/C14H18O3/c1-4-11-10(7-9-14(15)16)6-8-13(17-3)12(11)5-2/h6-9H,4-5H2,1-3H3,(H,15,16). The number of aliphatic carboxylic acids is 1. The van der Waals surface area contributed by atoms with Crippen molar-refractivity contribution in [1.29, 1.82) is 0 Å². The molecule has 0 radical (unpaired) electrons. The first-order chi connectivity index (χ1) is 8.13. The van der Waals surface area contributed by atoms with Gasteiger partial charge in [-0.3, -0.25) is 0 Å². The van der Waals surface area contributed by atoms with Crippen molar-refractivity contribution in [2.24, 2.45) is 0 Å². The Kier molecular flexibility index (Phi) is 4.76. The van der Waals surface area contributed by atoms with Gasteiger partial charge in [-0.1, -0.05) is 19.9 Å². The molecule has 0 heterocycles. The molecule has 0 atom stereocenters. The summed E-state index contributed by atoms with van der Waals surface area (Å²) in [5.74, 6) is -0.0576. The van der Waals surface area contributed by atoms with E-state index in [-0.39, 0.29) is 0 Å². The second-order valence-corrected chi connectivity index (χ2v) is 3.69. The second kappa shape index (κ2) is 6.09. The molecule has 1 aromatic rings. The third kappa shape index (κ3) is 3.09. The van der Waals surface area contributed by atoms with Crippen LogP contribution in [0.15, 0.2) is 18.2 Å². The molecule has 0 bridgehead atoms. The molecule has 92 valence electrons. The van der Waals surface area contributed by atoms with Crippen molar-refractivity contribution in [1.82, 2.24) is 0 Å². The Bertz CT molecular complexity index is 433. The summed E-state index contributed by atoms with van der Waals surface area (Å²) in [5, 5.41) is 8.65. The van der Waals surface area contributed by atoms with Crippen LogP contribution in [-0.2, 0) is 17.6 Å². The fourth-order valence-corrected chi connectivity index (χ4v) is 2.00. The molecule has 0 unspecified atom stereocenters. The third-order valence-electron chi connectivity index (χ3n) is 2.76. The van der Waals surface area contributed by atoms with E-state index < -0.39 is 5.97 Å². The van der Waals surface area contributed by atoms with Crippen molar-refractivity contribution in [3.63, 3.8) is 0 Å². The quantitative estimate of drug-likeness (QED) is 0.797. The maximum atomic E-state index is 10.5. The number of carboxylic acids is 1. The molecule has 0 aliphatic heterocycles. The minimum atomic E-state index is -0.930. The fourth-order valence-electron chi connectivity index (χ4n) is 2.00. The average Bonchev–Trinajstić information content (AvgIpc) is 2.34. The zero-order chi connectivity index (χ0) is 12.8. The summed E-state index contributed by atoms with van der Waals surface area (Å²) in [6.45, 7) is 4.13. The third-order valence-corrected chi connectivity index (χ3v) is 2.76. The largest absolute Gasteiger partial charge is 0.496 e. The van der Waals surface area contributed by atoms with Gasteiger partial charge in [-0.2, -0.15) is 0 Å². The van der Waals surface area contributed by atoms with Gasteiger partial charge < -0.3 is 9.84 Å². The molecule has 17 heavy (non-hydrogen) atoms. The lowest BCUT2D eigenvalue weighted by Crippen LogP contribution is -1.99. The van der Waals surface area contributed by atoms with E-state index in [2.05, 4.69) is 13.8 Å². The number of ether oxygens (including phenoxy) is 1. The van der Waals surface area contributed by atoms with Gasteiger partial charge in [-0.25, -0.2) is 4.79 Å². The molecule has 0 saturated heterocycles.